The van der Waals surface area contributed by atoms with Gasteiger partial charge in [0.2, 0.25) is 0 Å². The van der Waals surface area contributed by atoms with E-state index >= 15 is 0 Å². The zero-order chi connectivity index (χ0) is 15.5. The summed E-state index contributed by atoms with van der Waals surface area (Å²) in [5.74, 6) is 2.03. The number of hydrogen-bond donors (Lipinski definition) is 2. The average Bonchev–Trinajstić information content (AvgIpc) is 2.50. The largest absolute Gasteiger partial charge is 0.508 e. The van der Waals surface area contributed by atoms with E-state index in [1.54, 1.807) is 18.4 Å². The average molecular weight is 300 g/mol. The molecule has 22 heavy (non-hydrogen) atoms. The van der Waals surface area contributed by atoms with E-state index in [1.165, 1.54) is 7.11 Å². The molecule has 2 aliphatic rings. The van der Waals surface area contributed by atoms with Gasteiger partial charge in [0, 0.05) is 12.0 Å². The molecule has 0 amide bonds. The molecule has 0 saturated heterocycles. The predicted octanol–water partition coefficient (Wildman–Crippen LogP) is 4.29. The molecule has 0 spiro atoms. The van der Waals surface area contributed by atoms with E-state index in [-0.39, 0.29) is 11.5 Å². The normalized spacial score (nSPS) is 21.3. The molecule has 2 N–H and O–H groups in total. The number of aliphatic hydroxyl groups excluding tert-OH is 1. The van der Waals surface area contributed by atoms with Crippen molar-refractivity contribution in [1.82, 2.24) is 0 Å². The summed E-state index contributed by atoms with van der Waals surface area (Å²) in [4.78, 5) is 0. The summed E-state index contributed by atoms with van der Waals surface area (Å²) in [7, 11) is 1.54. The van der Waals surface area contributed by atoms with Crippen LogP contribution in [-0.2, 0) is 4.74 Å². The van der Waals surface area contributed by atoms with E-state index in [2.05, 4.69) is 0 Å². The number of phenolic OH excluding ortho intramolecular Hbond substituents is 1. The van der Waals surface area contributed by atoms with Crippen molar-refractivity contribution in [1.29, 1.82) is 0 Å². The number of aromatic hydroxyl groups is 1. The summed E-state index contributed by atoms with van der Waals surface area (Å²) in [5, 5.41) is 19.3. The first kappa shape index (κ1) is 14.6. The second-order valence-electron chi connectivity index (χ2n) is 5.65. The number of fused-ring (bicyclic) bond motifs is 1. The summed E-state index contributed by atoms with van der Waals surface area (Å²) < 4.78 is 11.0. The second-order valence-corrected chi connectivity index (χ2v) is 5.65. The van der Waals surface area contributed by atoms with Crippen molar-refractivity contribution in [2.45, 2.75) is 25.7 Å². The number of benzene rings is 1. The fourth-order valence-electron chi connectivity index (χ4n) is 2.92. The number of methoxy groups -OCH3 is 1. The number of aliphatic hydroxyl groups is 1. The molecule has 4 nitrogen and oxygen atoms in total. The Hall–Kier alpha value is -2.36. The first-order valence-corrected chi connectivity index (χ1v) is 7.51. The summed E-state index contributed by atoms with van der Waals surface area (Å²) in [6.45, 7) is 0. The molecule has 3 rings (SSSR count). The van der Waals surface area contributed by atoms with Crippen molar-refractivity contribution >= 4 is 5.57 Å². The molecule has 1 unspecified atom stereocenters. The van der Waals surface area contributed by atoms with E-state index in [9.17, 15) is 10.2 Å². The fourth-order valence-corrected chi connectivity index (χ4v) is 2.92. The Labute approximate surface area is 130 Å². The lowest BCUT2D eigenvalue weighted by atomic mass is 9.89. The van der Waals surface area contributed by atoms with Gasteiger partial charge in [-0.1, -0.05) is 6.07 Å². The van der Waals surface area contributed by atoms with E-state index in [0.717, 1.165) is 42.6 Å². The molecule has 1 aromatic rings. The molecule has 116 valence electrons. The Morgan fingerprint density at radius 1 is 1.27 bits per heavy atom. The third-order valence-corrected chi connectivity index (χ3v) is 4.19. The first-order chi connectivity index (χ1) is 10.7. The van der Waals surface area contributed by atoms with Crippen LogP contribution in [0.25, 0.3) is 5.57 Å². The van der Waals surface area contributed by atoms with Crippen molar-refractivity contribution in [2.24, 2.45) is 5.92 Å². The van der Waals surface area contributed by atoms with Gasteiger partial charge in [-0.05, 0) is 55.0 Å². The molecule has 1 aliphatic heterocycles. The van der Waals surface area contributed by atoms with Gasteiger partial charge >= 0.3 is 0 Å². The number of ether oxygens (including phenoxy) is 2. The topological polar surface area (TPSA) is 58.9 Å². The highest BCUT2D eigenvalue weighted by molar-refractivity contribution is 5.67. The van der Waals surface area contributed by atoms with Crippen LogP contribution in [0.3, 0.4) is 0 Å². The lowest BCUT2D eigenvalue weighted by molar-refractivity contribution is 0.262. The standard InChI is InChI=1S/C18H20O4/c1-21-18-9-13(6-8-16(18)20)14-4-2-3-12-5-7-15(19)10-17(12)22-11-14/h6-12,19-20H,2-5H2,1H3. The Bertz CT molecular complexity index is 655. The van der Waals surface area contributed by atoms with Crippen LogP contribution in [0.15, 0.2) is 48.1 Å². The quantitative estimate of drug-likeness (QED) is 0.855. The Kier molecular flexibility index (Phi) is 4.09. The maximum absolute atomic E-state index is 9.70. The van der Waals surface area contributed by atoms with E-state index in [0.29, 0.717) is 11.7 Å². The van der Waals surface area contributed by atoms with Crippen LogP contribution in [0.2, 0.25) is 0 Å². The lowest BCUT2D eigenvalue weighted by Gasteiger charge is -2.24. The summed E-state index contributed by atoms with van der Waals surface area (Å²) >= 11 is 0. The third-order valence-electron chi connectivity index (χ3n) is 4.19. The molecule has 0 radical (unpaired) electrons. The van der Waals surface area contributed by atoms with Gasteiger partial charge < -0.3 is 19.7 Å². The van der Waals surface area contributed by atoms with Gasteiger partial charge in [0.25, 0.3) is 0 Å². The molecule has 4 heteroatoms. The number of phenols is 1. The SMILES string of the molecule is COc1cc(C2=COC3=CC(O)=CCC3CCC2)ccc1O. The van der Waals surface area contributed by atoms with Gasteiger partial charge in [-0.3, -0.25) is 0 Å². The van der Waals surface area contributed by atoms with E-state index in [4.69, 9.17) is 9.47 Å². The zero-order valence-electron chi connectivity index (χ0n) is 12.6. The third kappa shape index (κ3) is 2.96. The molecule has 1 heterocycles. The number of hydrogen-bond acceptors (Lipinski definition) is 4. The second kappa shape index (κ2) is 6.18. The van der Waals surface area contributed by atoms with Crippen molar-refractivity contribution in [3.8, 4) is 11.5 Å². The number of rotatable bonds is 2. The molecule has 0 bridgehead atoms. The minimum Gasteiger partial charge on any atom is -0.508 e. The Balaban J connectivity index is 1.88. The van der Waals surface area contributed by atoms with Gasteiger partial charge in [-0.2, -0.15) is 0 Å². The summed E-state index contributed by atoms with van der Waals surface area (Å²) in [6.07, 6.45) is 9.11. The maximum atomic E-state index is 9.70. The van der Waals surface area contributed by atoms with Gasteiger partial charge in [-0.25, -0.2) is 0 Å². The molecule has 1 aliphatic carbocycles. The van der Waals surface area contributed by atoms with Crippen LogP contribution in [0.4, 0.5) is 0 Å². The van der Waals surface area contributed by atoms with Crippen LogP contribution in [-0.4, -0.2) is 17.3 Å². The highest BCUT2D eigenvalue weighted by atomic mass is 16.5. The van der Waals surface area contributed by atoms with Crippen LogP contribution < -0.4 is 4.74 Å². The lowest BCUT2D eigenvalue weighted by Crippen LogP contribution is -2.11. The molecule has 1 atom stereocenters. The maximum Gasteiger partial charge on any atom is 0.161 e. The Morgan fingerprint density at radius 2 is 2.14 bits per heavy atom. The van der Waals surface area contributed by atoms with Gasteiger partial charge in [-0.15, -0.1) is 0 Å². The zero-order valence-corrected chi connectivity index (χ0v) is 12.6. The number of allylic oxidation sites excluding steroid dienone is 4. The highest BCUT2D eigenvalue weighted by Crippen LogP contribution is 2.36. The smallest absolute Gasteiger partial charge is 0.161 e. The van der Waals surface area contributed by atoms with Crippen molar-refractivity contribution < 1.29 is 19.7 Å². The van der Waals surface area contributed by atoms with E-state index < -0.39 is 0 Å². The first-order valence-electron chi connectivity index (χ1n) is 7.51. The fraction of sp³-hybridized carbons (Fsp3) is 0.333. The van der Waals surface area contributed by atoms with Crippen LogP contribution in [0, 0.1) is 5.92 Å². The van der Waals surface area contributed by atoms with Crippen LogP contribution in [0.5, 0.6) is 11.5 Å². The minimum atomic E-state index is 0.128. The molecule has 1 aromatic carbocycles. The molecular weight excluding hydrogens is 280 g/mol. The van der Waals surface area contributed by atoms with Crippen molar-refractivity contribution in [2.75, 3.05) is 7.11 Å². The van der Waals surface area contributed by atoms with Crippen LogP contribution in [0.1, 0.15) is 31.2 Å². The molecule has 0 fully saturated rings. The predicted molar refractivity (Wildman–Crippen MR) is 84.5 cm³/mol. The molecule has 0 aromatic heterocycles. The molecular formula is C18H20O4. The van der Waals surface area contributed by atoms with Crippen molar-refractivity contribution in [3.63, 3.8) is 0 Å². The van der Waals surface area contributed by atoms with Gasteiger partial charge in [0.15, 0.2) is 11.5 Å². The van der Waals surface area contributed by atoms with Gasteiger partial charge in [0.1, 0.15) is 11.5 Å². The molecule has 0 saturated carbocycles. The van der Waals surface area contributed by atoms with Crippen LogP contribution >= 0.6 is 0 Å². The Morgan fingerprint density at radius 3 is 2.95 bits per heavy atom. The van der Waals surface area contributed by atoms with Gasteiger partial charge in [0.05, 0.1) is 13.4 Å². The minimum absolute atomic E-state index is 0.128. The highest BCUT2D eigenvalue weighted by Gasteiger charge is 2.21. The van der Waals surface area contributed by atoms with E-state index in [1.807, 2.05) is 18.2 Å². The summed E-state index contributed by atoms with van der Waals surface area (Å²) in [6, 6.07) is 5.31. The summed E-state index contributed by atoms with van der Waals surface area (Å²) in [5.41, 5.74) is 2.04. The monoisotopic (exact) mass is 300 g/mol. The van der Waals surface area contributed by atoms with Crippen molar-refractivity contribution in [3.05, 3.63) is 53.7 Å².